The molecule has 0 bridgehead atoms. The number of sulfonamides is 1. The lowest BCUT2D eigenvalue weighted by Gasteiger charge is -2.23. The fourth-order valence-electron chi connectivity index (χ4n) is 1.47. The number of halogens is 3. The predicted octanol–water partition coefficient (Wildman–Crippen LogP) is 2.94. The summed E-state index contributed by atoms with van der Waals surface area (Å²) in [5, 5.41) is 4.97. The Labute approximate surface area is 125 Å². The van der Waals surface area contributed by atoms with Crippen LogP contribution >= 0.6 is 27.5 Å². The Morgan fingerprint density at radius 1 is 1.47 bits per heavy atom. The van der Waals surface area contributed by atoms with Gasteiger partial charge in [-0.15, -0.1) is 0 Å². The van der Waals surface area contributed by atoms with Crippen molar-refractivity contribution in [1.29, 1.82) is 0 Å². The summed E-state index contributed by atoms with van der Waals surface area (Å²) in [5.74, 6) is -0.582. The third kappa shape index (κ3) is 5.64. The van der Waals surface area contributed by atoms with Gasteiger partial charge >= 0.3 is 0 Å². The molecule has 1 rings (SSSR count). The van der Waals surface area contributed by atoms with Crippen LogP contribution < -0.4 is 9.88 Å². The molecule has 0 amide bonds. The summed E-state index contributed by atoms with van der Waals surface area (Å²) in [6.07, 6.45) is 0. The normalized spacial score (nSPS) is 12.5. The Kier molecular flexibility index (Phi) is 5.22. The first-order valence-electron chi connectivity index (χ1n) is 5.28. The monoisotopic (exact) mass is 373 g/mol. The first kappa shape index (κ1) is 16.7. The van der Waals surface area contributed by atoms with Crippen molar-refractivity contribution in [2.24, 2.45) is 10.6 Å². The molecule has 0 atom stereocenters. The maximum absolute atomic E-state index is 13.3. The van der Waals surface area contributed by atoms with Crippen LogP contribution in [0.15, 0.2) is 16.6 Å². The van der Waals surface area contributed by atoms with Crippen molar-refractivity contribution in [3.8, 4) is 5.75 Å². The van der Waals surface area contributed by atoms with E-state index in [0.29, 0.717) is 4.47 Å². The molecule has 0 heterocycles. The lowest BCUT2D eigenvalue weighted by atomic mass is 9.98. The lowest BCUT2D eigenvalue weighted by molar-refractivity contribution is 0.198. The lowest BCUT2D eigenvalue weighted by Crippen LogP contribution is -2.33. The van der Waals surface area contributed by atoms with E-state index in [-0.39, 0.29) is 23.1 Å². The molecular weight excluding hydrogens is 361 g/mol. The van der Waals surface area contributed by atoms with E-state index in [9.17, 15) is 12.8 Å². The number of nitrogens with two attached hydrogens (primary N) is 1. The highest BCUT2D eigenvalue weighted by Crippen LogP contribution is 2.31. The maximum atomic E-state index is 13.3. The average molecular weight is 375 g/mol. The van der Waals surface area contributed by atoms with E-state index in [4.69, 9.17) is 21.5 Å². The second-order valence-electron chi connectivity index (χ2n) is 4.96. The van der Waals surface area contributed by atoms with Crippen LogP contribution in [0.1, 0.15) is 13.8 Å². The van der Waals surface area contributed by atoms with Crippen molar-refractivity contribution in [1.82, 2.24) is 0 Å². The zero-order chi connectivity index (χ0) is 14.8. The largest absolute Gasteiger partial charge is 0.492 e. The van der Waals surface area contributed by atoms with Crippen molar-refractivity contribution in [3.63, 3.8) is 0 Å². The van der Waals surface area contributed by atoms with Crippen LogP contribution in [-0.4, -0.2) is 20.8 Å². The molecule has 0 unspecified atom stereocenters. The summed E-state index contributed by atoms with van der Waals surface area (Å²) >= 11 is 8.80. The molecule has 0 fully saturated rings. The molecule has 2 N–H and O–H groups in total. The highest BCUT2D eigenvalue weighted by molar-refractivity contribution is 9.10. The molecule has 19 heavy (non-hydrogen) atoms. The van der Waals surface area contributed by atoms with Gasteiger partial charge < -0.3 is 4.74 Å². The second-order valence-corrected chi connectivity index (χ2v) is 7.83. The van der Waals surface area contributed by atoms with Gasteiger partial charge in [-0.05, 0) is 22.0 Å². The Morgan fingerprint density at radius 3 is 2.58 bits per heavy atom. The summed E-state index contributed by atoms with van der Waals surface area (Å²) in [4.78, 5) is 0. The van der Waals surface area contributed by atoms with Crippen molar-refractivity contribution in [2.75, 3.05) is 12.4 Å². The van der Waals surface area contributed by atoms with Crippen LogP contribution in [0.5, 0.6) is 5.75 Å². The summed E-state index contributed by atoms with van der Waals surface area (Å²) < 4.78 is 41.3. The van der Waals surface area contributed by atoms with Gasteiger partial charge in [-0.25, -0.2) is 17.9 Å². The zero-order valence-electron chi connectivity index (χ0n) is 10.4. The van der Waals surface area contributed by atoms with Crippen molar-refractivity contribution in [3.05, 3.63) is 27.4 Å². The molecule has 108 valence electrons. The van der Waals surface area contributed by atoms with E-state index in [2.05, 4.69) is 15.9 Å². The van der Waals surface area contributed by atoms with Crippen LogP contribution in [0, 0.1) is 11.2 Å². The number of ether oxygens (including phenoxy) is 1. The van der Waals surface area contributed by atoms with E-state index in [1.807, 2.05) is 0 Å². The van der Waals surface area contributed by atoms with Gasteiger partial charge in [-0.3, -0.25) is 0 Å². The molecule has 0 aliphatic heterocycles. The summed E-state index contributed by atoms with van der Waals surface area (Å²) in [6.45, 7) is 3.46. The molecule has 1 aromatic carbocycles. The quantitative estimate of drug-likeness (QED) is 0.806. The van der Waals surface area contributed by atoms with Gasteiger partial charge in [0.1, 0.15) is 11.6 Å². The van der Waals surface area contributed by atoms with Gasteiger partial charge in [0, 0.05) is 11.5 Å². The van der Waals surface area contributed by atoms with Crippen LogP contribution in [0.2, 0.25) is 5.02 Å². The van der Waals surface area contributed by atoms with Crippen LogP contribution in [0.3, 0.4) is 0 Å². The minimum absolute atomic E-state index is 0.0250. The van der Waals surface area contributed by atoms with Gasteiger partial charge in [-0.2, -0.15) is 0 Å². The first-order chi connectivity index (χ1) is 8.50. The molecule has 0 saturated heterocycles. The predicted molar refractivity (Wildman–Crippen MR) is 76.4 cm³/mol. The Bertz CT molecular complexity index is 578. The van der Waals surface area contributed by atoms with Crippen LogP contribution in [0.4, 0.5) is 4.39 Å². The molecule has 1 aromatic rings. The van der Waals surface area contributed by atoms with Gasteiger partial charge in [0.15, 0.2) is 0 Å². The zero-order valence-corrected chi connectivity index (χ0v) is 13.6. The topological polar surface area (TPSA) is 69.4 Å². The summed E-state index contributed by atoms with van der Waals surface area (Å²) in [7, 11) is -3.60. The van der Waals surface area contributed by atoms with E-state index < -0.39 is 21.3 Å². The molecule has 0 aromatic heterocycles. The van der Waals surface area contributed by atoms with E-state index in [0.717, 1.165) is 6.07 Å². The molecule has 4 nitrogen and oxygen atoms in total. The molecule has 0 aliphatic carbocycles. The number of rotatable bonds is 5. The fourth-order valence-corrected chi connectivity index (χ4v) is 3.40. The SMILES string of the molecule is CC(C)(COc1cc(F)c(Cl)cc1Br)CS(N)(=O)=O. The first-order valence-corrected chi connectivity index (χ1v) is 8.17. The summed E-state index contributed by atoms with van der Waals surface area (Å²) in [5.41, 5.74) is -0.691. The van der Waals surface area contributed by atoms with E-state index in [1.54, 1.807) is 13.8 Å². The molecular formula is C11H14BrClFNO3S. The fraction of sp³-hybridized carbons (Fsp3) is 0.455. The molecule has 0 aliphatic rings. The number of benzene rings is 1. The van der Waals surface area contributed by atoms with E-state index in [1.165, 1.54) is 6.07 Å². The third-order valence-corrected chi connectivity index (χ3v) is 4.28. The minimum atomic E-state index is -3.60. The van der Waals surface area contributed by atoms with E-state index >= 15 is 0 Å². The summed E-state index contributed by atoms with van der Waals surface area (Å²) in [6, 6.07) is 2.51. The van der Waals surface area contributed by atoms with Gasteiger partial charge in [0.2, 0.25) is 10.0 Å². The smallest absolute Gasteiger partial charge is 0.209 e. The van der Waals surface area contributed by atoms with Crippen molar-refractivity contribution < 1.29 is 17.5 Å². The number of hydrogen-bond donors (Lipinski definition) is 1. The van der Waals surface area contributed by atoms with Crippen LogP contribution in [-0.2, 0) is 10.0 Å². The number of hydrogen-bond acceptors (Lipinski definition) is 3. The van der Waals surface area contributed by atoms with Crippen molar-refractivity contribution >= 4 is 37.6 Å². The van der Waals surface area contributed by atoms with Crippen LogP contribution in [0.25, 0.3) is 0 Å². The highest BCUT2D eigenvalue weighted by atomic mass is 79.9. The Morgan fingerprint density at radius 2 is 2.05 bits per heavy atom. The average Bonchev–Trinajstić information content (AvgIpc) is 2.18. The molecule has 8 heteroatoms. The standard InChI is InChI=1S/C11H14BrClFNO3S/c1-11(2,6-19(15,16)17)5-18-10-4-9(14)8(13)3-7(10)12/h3-4H,5-6H2,1-2H3,(H2,15,16,17). The highest BCUT2D eigenvalue weighted by Gasteiger charge is 2.25. The molecule has 0 saturated carbocycles. The van der Waals surface area contributed by atoms with Gasteiger partial charge in [-0.1, -0.05) is 25.4 Å². The minimum Gasteiger partial charge on any atom is -0.492 e. The third-order valence-electron chi connectivity index (χ3n) is 2.19. The second kappa shape index (κ2) is 5.95. The van der Waals surface area contributed by atoms with Gasteiger partial charge in [0.25, 0.3) is 0 Å². The molecule has 0 radical (unpaired) electrons. The number of primary sulfonamides is 1. The van der Waals surface area contributed by atoms with Crippen molar-refractivity contribution in [2.45, 2.75) is 13.8 Å². The Balaban J connectivity index is 2.79. The Hall–Kier alpha value is -0.370. The van der Waals surface area contributed by atoms with Gasteiger partial charge in [0.05, 0.1) is 21.9 Å². The maximum Gasteiger partial charge on any atom is 0.209 e. The molecule has 0 spiro atoms.